The van der Waals surface area contributed by atoms with Crippen LogP contribution in [-0.4, -0.2) is 11.1 Å². The molecule has 1 aliphatic carbocycles. The first-order valence-corrected chi connectivity index (χ1v) is 6.29. The van der Waals surface area contributed by atoms with Gasteiger partial charge >= 0.3 is 5.97 Å². The molecule has 0 radical (unpaired) electrons. The zero-order chi connectivity index (χ0) is 12.6. The van der Waals surface area contributed by atoms with Crippen LogP contribution in [-0.2, 0) is 10.2 Å². The van der Waals surface area contributed by atoms with Crippen molar-refractivity contribution in [1.29, 1.82) is 0 Å². The number of benzene rings is 1. The standard InChI is InChI=1S/C15H20O2/c1-10-7-11(2)9-13(8-10)15(14(16)17)6-4-5-12(15)3/h7-9,12H,4-6H2,1-3H3,(H,16,17). The van der Waals surface area contributed by atoms with E-state index in [1.807, 2.05) is 26.0 Å². The second-order valence-corrected chi connectivity index (χ2v) is 5.45. The van der Waals surface area contributed by atoms with Gasteiger partial charge in [0.2, 0.25) is 0 Å². The fraction of sp³-hybridized carbons (Fsp3) is 0.533. The Morgan fingerprint density at radius 2 is 1.88 bits per heavy atom. The van der Waals surface area contributed by atoms with Crippen molar-refractivity contribution in [3.63, 3.8) is 0 Å². The van der Waals surface area contributed by atoms with Crippen LogP contribution in [0.2, 0.25) is 0 Å². The fourth-order valence-electron chi connectivity index (χ4n) is 3.28. The van der Waals surface area contributed by atoms with Crippen molar-refractivity contribution >= 4 is 5.97 Å². The third-order valence-electron chi connectivity index (χ3n) is 4.17. The Bertz CT molecular complexity index is 430. The maximum absolute atomic E-state index is 11.8. The van der Waals surface area contributed by atoms with E-state index in [4.69, 9.17) is 0 Å². The first-order valence-electron chi connectivity index (χ1n) is 6.29. The second-order valence-electron chi connectivity index (χ2n) is 5.45. The van der Waals surface area contributed by atoms with Crippen molar-refractivity contribution in [2.75, 3.05) is 0 Å². The van der Waals surface area contributed by atoms with Crippen LogP contribution >= 0.6 is 0 Å². The molecule has 0 spiro atoms. The van der Waals surface area contributed by atoms with E-state index in [1.54, 1.807) is 0 Å². The van der Waals surface area contributed by atoms with E-state index in [9.17, 15) is 9.90 Å². The third kappa shape index (κ3) is 1.86. The molecule has 2 atom stereocenters. The number of aryl methyl sites for hydroxylation is 2. The normalized spacial score (nSPS) is 28.3. The molecular weight excluding hydrogens is 212 g/mol. The molecule has 92 valence electrons. The molecular formula is C15H20O2. The van der Waals surface area contributed by atoms with Gasteiger partial charge in [-0.15, -0.1) is 0 Å². The van der Waals surface area contributed by atoms with Gasteiger partial charge in [0, 0.05) is 0 Å². The zero-order valence-corrected chi connectivity index (χ0v) is 10.8. The molecule has 1 aromatic rings. The van der Waals surface area contributed by atoms with Crippen LogP contribution in [0.4, 0.5) is 0 Å². The molecule has 2 heteroatoms. The predicted octanol–water partition coefficient (Wildman–Crippen LogP) is 3.45. The van der Waals surface area contributed by atoms with Gasteiger partial charge in [-0.1, -0.05) is 42.7 Å². The molecule has 17 heavy (non-hydrogen) atoms. The quantitative estimate of drug-likeness (QED) is 0.848. The minimum atomic E-state index is -0.660. The summed E-state index contributed by atoms with van der Waals surface area (Å²) in [7, 11) is 0. The van der Waals surface area contributed by atoms with Crippen LogP contribution in [0.25, 0.3) is 0 Å². The lowest BCUT2D eigenvalue weighted by molar-refractivity contribution is -0.145. The van der Waals surface area contributed by atoms with E-state index in [2.05, 4.69) is 13.0 Å². The lowest BCUT2D eigenvalue weighted by atomic mass is 9.72. The minimum Gasteiger partial charge on any atom is -0.481 e. The molecule has 1 fully saturated rings. The highest BCUT2D eigenvalue weighted by Crippen LogP contribution is 2.46. The van der Waals surface area contributed by atoms with Crippen molar-refractivity contribution in [1.82, 2.24) is 0 Å². The van der Waals surface area contributed by atoms with Crippen molar-refractivity contribution in [3.8, 4) is 0 Å². The number of carbonyl (C=O) groups is 1. The largest absolute Gasteiger partial charge is 0.481 e. The highest BCUT2D eigenvalue weighted by molar-refractivity contribution is 5.82. The van der Waals surface area contributed by atoms with E-state index >= 15 is 0 Å². The highest BCUT2D eigenvalue weighted by atomic mass is 16.4. The molecule has 0 heterocycles. The summed E-state index contributed by atoms with van der Waals surface area (Å²) < 4.78 is 0. The van der Waals surface area contributed by atoms with Gasteiger partial charge in [0.15, 0.2) is 0 Å². The van der Waals surface area contributed by atoms with Crippen molar-refractivity contribution < 1.29 is 9.90 Å². The summed E-state index contributed by atoms with van der Waals surface area (Å²) in [5.74, 6) is -0.436. The molecule has 1 saturated carbocycles. The monoisotopic (exact) mass is 232 g/mol. The summed E-state index contributed by atoms with van der Waals surface area (Å²) in [5.41, 5.74) is 2.64. The summed E-state index contributed by atoms with van der Waals surface area (Å²) in [6.07, 6.45) is 2.80. The Kier molecular flexibility index (Phi) is 2.98. The van der Waals surface area contributed by atoms with Crippen molar-refractivity contribution in [2.45, 2.75) is 45.4 Å². The lowest BCUT2D eigenvalue weighted by Gasteiger charge is -2.30. The summed E-state index contributed by atoms with van der Waals surface area (Å²) in [4.78, 5) is 11.8. The zero-order valence-electron chi connectivity index (χ0n) is 10.8. The Labute approximate surface area is 103 Å². The van der Waals surface area contributed by atoms with Crippen LogP contribution in [0.3, 0.4) is 0 Å². The molecule has 0 amide bonds. The average molecular weight is 232 g/mol. The number of hydrogen-bond donors (Lipinski definition) is 1. The summed E-state index contributed by atoms with van der Waals surface area (Å²) >= 11 is 0. The summed E-state index contributed by atoms with van der Waals surface area (Å²) in [5, 5.41) is 9.67. The molecule has 1 aliphatic rings. The molecule has 0 saturated heterocycles. The minimum absolute atomic E-state index is 0.223. The Hall–Kier alpha value is -1.31. The fourth-order valence-corrected chi connectivity index (χ4v) is 3.28. The molecule has 0 aromatic heterocycles. The highest BCUT2D eigenvalue weighted by Gasteiger charge is 2.48. The van der Waals surface area contributed by atoms with Crippen LogP contribution < -0.4 is 0 Å². The topological polar surface area (TPSA) is 37.3 Å². The number of carboxylic acid groups (broad SMARTS) is 1. The first-order chi connectivity index (χ1) is 7.96. The molecule has 0 bridgehead atoms. The Morgan fingerprint density at radius 3 is 2.29 bits per heavy atom. The summed E-state index contributed by atoms with van der Waals surface area (Å²) in [6, 6.07) is 6.19. The van der Waals surface area contributed by atoms with Gasteiger partial charge in [0.1, 0.15) is 0 Å². The van der Waals surface area contributed by atoms with E-state index < -0.39 is 11.4 Å². The SMILES string of the molecule is Cc1cc(C)cc(C2(C(=O)O)CCCC2C)c1. The second kappa shape index (κ2) is 4.17. The van der Waals surface area contributed by atoms with Gasteiger partial charge in [-0.05, 0) is 38.2 Å². The van der Waals surface area contributed by atoms with Gasteiger partial charge in [-0.2, -0.15) is 0 Å². The van der Waals surface area contributed by atoms with Crippen LogP contribution in [0.1, 0.15) is 42.9 Å². The van der Waals surface area contributed by atoms with Crippen LogP contribution in [0.5, 0.6) is 0 Å². The maximum Gasteiger partial charge on any atom is 0.314 e. The lowest BCUT2D eigenvalue weighted by Crippen LogP contribution is -2.38. The average Bonchev–Trinajstić information content (AvgIpc) is 2.59. The van der Waals surface area contributed by atoms with E-state index in [-0.39, 0.29) is 5.92 Å². The van der Waals surface area contributed by atoms with Gasteiger partial charge in [-0.25, -0.2) is 0 Å². The number of rotatable bonds is 2. The van der Waals surface area contributed by atoms with Crippen LogP contribution in [0, 0.1) is 19.8 Å². The predicted molar refractivity (Wildman–Crippen MR) is 68.2 cm³/mol. The molecule has 1 aromatic carbocycles. The molecule has 1 N–H and O–H groups in total. The van der Waals surface area contributed by atoms with E-state index in [0.29, 0.717) is 0 Å². The third-order valence-corrected chi connectivity index (χ3v) is 4.17. The number of carboxylic acids is 1. The summed E-state index contributed by atoms with van der Waals surface area (Å²) in [6.45, 7) is 6.14. The molecule has 2 rings (SSSR count). The Morgan fingerprint density at radius 1 is 1.29 bits per heavy atom. The van der Waals surface area contributed by atoms with Gasteiger partial charge in [0.05, 0.1) is 5.41 Å². The molecule has 2 nitrogen and oxygen atoms in total. The van der Waals surface area contributed by atoms with E-state index in [0.717, 1.165) is 36.0 Å². The van der Waals surface area contributed by atoms with Gasteiger partial charge < -0.3 is 5.11 Å². The van der Waals surface area contributed by atoms with E-state index in [1.165, 1.54) is 0 Å². The molecule has 2 unspecified atom stereocenters. The maximum atomic E-state index is 11.8. The Balaban J connectivity index is 2.57. The van der Waals surface area contributed by atoms with Gasteiger partial charge in [-0.3, -0.25) is 4.79 Å². The van der Waals surface area contributed by atoms with Crippen LogP contribution in [0.15, 0.2) is 18.2 Å². The number of aliphatic carboxylic acids is 1. The first kappa shape index (κ1) is 12.2. The number of hydrogen-bond acceptors (Lipinski definition) is 1. The van der Waals surface area contributed by atoms with Gasteiger partial charge in [0.25, 0.3) is 0 Å². The van der Waals surface area contributed by atoms with Crippen molar-refractivity contribution in [3.05, 3.63) is 34.9 Å². The smallest absolute Gasteiger partial charge is 0.314 e. The van der Waals surface area contributed by atoms with Crippen molar-refractivity contribution in [2.24, 2.45) is 5.92 Å². The molecule has 0 aliphatic heterocycles.